The molecule has 0 saturated carbocycles. The van der Waals surface area contributed by atoms with E-state index in [1.54, 1.807) is 0 Å². The predicted molar refractivity (Wildman–Crippen MR) is 103 cm³/mol. The van der Waals surface area contributed by atoms with Gasteiger partial charge >= 0.3 is 0 Å². The number of fused-ring (bicyclic) bond motifs is 1. The van der Waals surface area contributed by atoms with E-state index in [1.807, 2.05) is 42.7 Å². The van der Waals surface area contributed by atoms with Crippen LogP contribution >= 0.6 is 11.3 Å². The summed E-state index contributed by atoms with van der Waals surface area (Å²) >= 11 is 1.88. The largest absolute Gasteiger partial charge is 0.373 e. The van der Waals surface area contributed by atoms with Crippen molar-refractivity contribution in [3.8, 4) is 0 Å². The number of hydrogen-bond acceptors (Lipinski definition) is 5. The van der Waals surface area contributed by atoms with Gasteiger partial charge in [0.05, 0.1) is 30.6 Å². The summed E-state index contributed by atoms with van der Waals surface area (Å²) in [7, 11) is 0. The highest BCUT2D eigenvalue weighted by Crippen LogP contribution is 2.24. The molecule has 0 spiro atoms. The highest BCUT2D eigenvalue weighted by atomic mass is 32.1. The zero-order valence-electron chi connectivity index (χ0n) is 15.3. The van der Waals surface area contributed by atoms with E-state index >= 15 is 0 Å². The lowest BCUT2D eigenvalue weighted by molar-refractivity contribution is 0.0522. The topological polar surface area (TPSA) is 43.2 Å². The van der Waals surface area contributed by atoms with Crippen molar-refractivity contribution >= 4 is 11.3 Å². The highest BCUT2D eigenvalue weighted by Gasteiger charge is 2.26. The van der Waals surface area contributed by atoms with Gasteiger partial charge in [-0.1, -0.05) is 6.07 Å². The van der Waals surface area contributed by atoms with E-state index in [0.29, 0.717) is 13.2 Å². The van der Waals surface area contributed by atoms with E-state index in [0.717, 1.165) is 31.0 Å². The number of aryl methyl sites for hydroxylation is 2. The Morgan fingerprint density at radius 2 is 2.12 bits per heavy atom. The molecule has 6 heteroatoms. The number of aromatic nitrogens is 3. The molecule has 1 atom stereocenters. The highest BCUT2D eigenvalue weighted by molar-refractivity contribution is 7.11. The molecule has 0 radical (unpaired) electrons. The van der Waals surface area contributed by atoms with Crippen LogP contribution in [-0.4, -0.2) is 32.8 Å². The first-order chi connectivity index (χ1) is 12.7. The standard InChI is InChI=1S/C20H24N4OS/c1-15-4-3-5-17(22-15)13-25-14-19-11-23(10-18-8-9-21-24(18)19)12-20-7-6-16(2)26-20/h3-9,19H,10-14H2,1-2H3. The quantitative estimate of drug-likeness (QED) is 0.665. The molecule has 1 aliphatic rings. The van der Waals surface area contributed by atoms with Crippen molar-refractivity contribution in [1.29, 1.82) is 0 Å². The number of ether oxygens (including phenoxy) is 1. The van der Waals surface area contributed by atoms with Crippen LogP contribution in [0.3, 0.4) is 0 Å². The van der Waals surface area contributed by atoms with Crippen LogP contribution in [0.15, 0.2) is 42.6 Å². The van der Waals surface area contributed by atoms with Gasteiger partial charge in [-0.2, -0.15) is 5.10 Å². The van der Waals surface area contributed by atoms with E-state index in [4.69, 9.17) is 4.74 Å². The zero-order chi connectivity index (χ0) is 17.9. The fourth-order valence-electron chi connectivity index (χ4n) is 3.48. The summed E-state index contributed by atoms with van der Waals surface area (Å²) < 4.78 is 8.12. The van der Waals surface area contributed by atoms with E-state index in [-0.39, 0.29) is 6.04 Å². The van der Waals surface area contributed by atoms with Gasteiger partial charge in [-0.05, 0) is 44.2 Å². The van der Waals surface area contributed by atoms with E-state index < -0.39 is 0 Å². The van der Waals surface area contributed by atoms with Crippen molar-refractivity contribution < 1.29 is 4.74 Å². The Labute approximate surface area is 158 Å². The Morgan fingerprint density at radius 1 is 1.19 bits per heavy atom. The maximum absolute atomic E-state index is 6.00. The molecule has 3 aromatic heterocycles. The van der Waals surface area contributed by atoms with Gasteiger partial charge in [0, 0.05) is 41.3 Å². The SMILES string of the molecule is Cc1cccc(COCC2CN(Cc3ccc(C)s3)Cc3ccnn32)n1. The fourth-order valence-corrected chi connectivity index (χ4v) is 4.41. The molecule has 4 heterocycles. The lowest BCUT2D eigenvalue weighted by Crippen LogP contribution is -2.39. The van der Waals surface area contributed by atoms with Gasteiger partial charge in [0.25, 0.3) is 0 Å². The Kier molecular flexibility index (Phi) is 5.15. The summed E-state index contributed by atoms with van der Waals surface area (Å²) in [5, 5.41) is 4.52. The average molecular weight is 369 g/mol. The number of rotatable bonds is 6. The van der Waals surface area contributed by atoms with Crippen LogP contribution in [0.25, 0.3) is 0 Å². The lowest BCUT2D eigenvalue weighted by atomic mass is 10.2. The lowest BCUT2D eigenvalue weighted by Gasteiger charge is -2.33. The van der Waals surface area contributed by atoms with Gasteiger partial charge in [-0.3, -0.25) is 14.6 Å². The molecule has 0 N–H and O–H groups in total. The molecule has 3 aromatic rings. The molecule has 26 heavy (non-hydrogen) atoms. The van der Waals surface area contributed by atoms with Crippen LogP contribution < -0.4 is 0 Å². The minimum Gasteiger partial charge on any atom is -0.373 e. The molecule has 4 rings (SSSR count). The van der Waals surface area contributed by atoms with E-state index in [2.05, 4.69) is 44.8 Å². The molecule has 1 aliphatic heterocycles. The summed E-state index contributed by atoms with van der Waals surface area (Å²) in [5.74, 6) is 0. The second kappa shape index (κ2) is 7.70. The van der Waals surface area contributed by atoms with E-state index in [9.17, 15) is 0 Å². The van der Waals surface area contributed by atoms with Crippen molar-refractivity contribution in [2.75, 3.05) is 13.2 Å². The van der Waals surface area contributed by atoms with Crippen molar-refractivity contribution in [3.63, 3.8) is 0 Å². The third kappa shape index (κ3) is 4.03. The van der Waals surface area contributed by atoms with Crippen LogP contribution in [0, 0.1) is 13.8 Å². The minimum absolute atomic E-state index is 0.236. The molecule has 0 saturated heterocycles. The predicted octanol–water partition coefficient (Wildman–Crippen LogP) is 3.73. The molecule has 0 aromatic carbocycles. The van der Waals surface area contributed by atoms with Gasteiger partial charge < -0.3 is 4.74 Å². The van der Waals surface area contributed by atoms with Crippen molar-refractivity contribution in [2.24, 2.45) is 0 Å². The summed E-state index contributed by atoms with van der Waals surface area (Å²) in [6.45, 7) is 8.22. The van der Waals surface area contributed by atoms with Crippen molar-refractivity contribution in [3.05, 3.63) is 69.4 Å². The average Bonchev–Trinajstić information content (AvgIpc) is 3.24. The van der Waals surface area contributed by atoms with Gasteiger partial charge in [-0.15, -0.1) is 11.3 Å². The monoisotopic (exact) mass is 368 g/mol. The second-order valence-corrected chi connectivity index (χ2v) is 8.26. The molecule has 5 nitrogen and oxygen atoms in total. The first kappa shape index (κ1) is 17.4. The summed E-state index contributed by atoms with van der Waals surface area (Å²) in [6, 6.07) is 12.8. The second-order valence-electron chi connectivity index (χ2n) is 6.89. The Hall–Kier alpha value is -2.02. The van der Waals surface area contributed by atoms with Gasteiger partial charge in [0.15, 0.2) is 0 Å². The Morgan fingerprint density at radius 3 is 2.92 bits per heavy atom. The normalized spacial score (nSPS) is 17.4. The molecular weight excluding hydrogens is 344 g/mol. The zero-order valence-corrected chi connectivity index (χ0v) is 16.1. The molecular formula is C20H24N4OS. The Balaban J connectivity index is 1.39. The minimum atomic E-state index is 0.236. The number of hydrogen-bond donors (Lipinski definition) is 0. The van der Waals surface area contributed by atoms with E-state index in [1.165, 1.54) is 15.4 Å². The van der Waals surface area contributed by atoms with Gasteiger partial charge in [-0.25, -0.2) is 0 Å². The maximum Gasteiger partial charge on any atom is 0.0889 e. The molecule has 0 bridgehead atoms. The number of nitrogens with zero attached hydrogens (tertiary/aromatic N) is 4. The van der Waals surface area contributed by atoms with Crippen LogP contribution in [-0.2, 0) is 24.4 Å². The van der Waals surface area contributed by atoms with Crippen molar-refractivity contribution in [1.82, 2.24) is 19.7 Å². The first-order valence-corrected chi connectivity index (χ1v) is 9.79. The molecule has 136 valence electrons. The summed E-state index contributed by atoms with van der Waals surface area (Å²) in [4.78, 5) is 9.78. The number of pyridine rings is 1. The third-order valence-electron chi connectivity index (χ3n) is 4.63. The third-order valence-corrected chi connectivity index (χ3v) is 5.62. The van der Waals surface area contributed by atoms with Crippen LogP contribution in [0.1, 0.15) is 32.9 Å². The summed E-state index contributed by atoms with van der Waals surface area (Å²) in [6.07, 6.45) is 1.89. The molecule has 1 unspecified atom stereocenters. The van der Waals surface area contributed by atoms with Crippen LogP contribution in [0.4, 0.5) is 0 Å². The number of thiophene rings is 1. The molecule has 0 aliphatic carbocycles. The first-order valence-electron chi connectivity index (χ1n) is 8.98. The van der Waals surface area contributed by atoms with Crippen molar-refractivity contribution in [2.45, 2.75) is 39.6 Å². The van der Waals surface area contributed by atoms with Crippen LogP contribution in [0.5, 0.6) is 0 Å². The van der Waals surface area contributed by atoms with Crippen LogP contribution in [0.2, 0.25) is 0 Å². The summed E-state index contributed by atoms with van der Waals surface area (Å²) in [5.41, 5.74) is 3.26. The molecule has 0 amide bonds. The fraction of sp³-hybridized carbons (Fsp3) is 0.400. The Bertz CT molecular complexity index is 872. The maximum atomic E-state index is 6.00. The molecule has 0 fully saturated rings. The van der Waals surface area contributed by atoms with Gasteiger partial charge in [0.1, 0.15) is 0 Å². The van der Waals surface area contributed by atoms with Gasteiger partial charge in [0.2, 0.25) is 0 Å². The smallest absolute Gasteiger partial charge is 0.0889 e.